The van der Waals surface area contributed by atoms with E-state index in [1.165, 1.54) is 13.2 Å². The molecule has 1 aromatic rings. The van der Waals surface area contributed by atoms with E-state index in [9.17, 15) is 4.39 Å². The van der Waals surface area contributed by atoms with Crippen LogP contribution in [0.1, 0.15) is 31.9 Å². The molecule has 100 valence electrons. The summed E-state index contributed by atoms with van der Waals surface area (Å²) in [6.45, 7) is 4.89. The van der Waals surface area contributed by atoms with Crippen molar-refractivity contribution in [3.8, 4) is 5.75 Å². The third kappa shape index (κ3) is 3.00. The topological polar surface area (TPSA) is 30.5 Å². The molecule has 3 unspecified atom stereocenters. The Labute approximate surface area is 107 Å². The zero-order valence-electron chi connectivity index (χ0n) is 11.1. The summed E-state index contributed by atoms with van der Waals surface area (Å²) in [6.07, 6.45) is 1.03. The van der Waals surface area contributed by atoms with Crippen LogP contribution in [0, 0.1) is 5.82 Å². The SMILES string of the molecule is COc1ccc(C2CNC(C)CC(C)O2)cc1F. The van der Waals surface area contributed by atoms with Crippen LogP contribution in [-0.2, 0) is 4.74 Å². The van der Waals surface area contributed by atoms with Gasteiger partial charge in [0.15, 0.2) is 11.6 Å². The molecule has 0 aromatic heterocycles. The highest BCUT2D eigenvalue weighted by molar-refractivity contribution is 5.30. The van der Waals surface area contributed by atoms with Crippen LogP contribution < -0.4 is 10.1 Å². The van der Waals surface area contributed by atoms with Gasteiger partial charge in [-0.25, -0.2) is 4.39 Å². The zero-order valence-corrected chi connectivity index (χ0v) is 11.1. The van der Waals surface area contributed by atoms with E-state index < -0.39 is 0 Å². The molecule has 1 heterocycles. The molecule has 1 aromatic carbocycles. The van der Waals surface area contributed by atoms with Crippen LogP contribution in [-0.4, -0.2) is 25.8 Å². The van der Waals surface area contributed by atoms with Crippen LogP contribution in [0.3, 0.4) is 0 Å². The third-order valence-electron chi connectivity index (χ3n) is 3.28. The van der Waals surface area contributed by atoms with Crippen LogP contribution in [0.25, 0.3) is 0 Å². The van der Waals surface area contributed by atoms with Crippen molar-refractivity contribution in [3.63, 3.8) is 0 Å². The second kappa shape index (κ2) is 5.67. The third-order valence-corrected chi connectivity index (χ3v) is 3.28. The Bertz CT molecular complexity index is 411. The van der Waals surface area contributed by atoms with Crippen LogP contribution in [0.4, 0.5) is 4.39 Å². The van der Waals surface area contributed by atoms with Gasteiger partial charge in [0.25, 0.3) is 0 Å². The predicted molar refractivity (Wildman–Crippen MR) is 68.3 cm³/mol. The fraction of sp³-hybridized carbons (Fsp3) is 0.571. The Morgan fingerprint density at radius 1 is 1.39 bits per heavy atom. The van der Waals surface area contributed by atoms with Crippen molar-refractivity contribution in [2.45, 2.75) is 38.5 Å². The van der Waals surface area contributed by atoms with Crippen LogP contribution in [0.2, 0.25) is 0 Å². The molecular formula is C14H20FNO2. The Morgan fingerprint density at radius 2 is 2.17 bits per heavy atom. The van der Waals surface area contributed by atoms with Crippen molar-refractivity contribution in [1.29, 1.82) is 0 Å². The summed E-state index contributed by atoms with van der Waals surface area (Å²) in [4.78, 5) is 0. The molecule has 3 nitrogen and oxygen atoms in total. The number of benzene rings is 1. The highest BCUT2D eigenvalue weighted by Gasteiger charge is 2.22. The summed E-state index contributed by atoms with van der Waals surface area (Å²) in [5, 5.41) is 3.39. The number of halogens is 1. The summed E-state index contributed by atoms with van der Waals surface area (Å²) in [5.74, 6) is -0.0784. The molecule has 3 atom stereocenters. The van der Waals surface area contributed by atoms with Crippen LogP contribution in [0.5, 0.6) is 5.75 Å². The Hall–Kier alpha value is -1.13. The van der Waals surface area contributed by atoms with Gasteiger partial charge < -0.3 is 14.8 Å². The van der Waals surface area contributed by atoms with E-state index in [2.05, 4.69) is 19.2 Å². The number of ether oxygens (including phenoxy) is 2. The first kappa shape index (κ1) is 13.3. The Balaban J connectivity index is 2.17. The molecule has 4 heteroatoms. The minimum absolute atomic E-state index is 0.106. The van der Waals surface area contributed by atoms with Gasteiger partial charge in [-0.05, 0) is 38.0 Å². The van der Waals surface area contributed by atoms with E-state index in [0.717, 1.165) is 12.0 Å². The molecule has 1 saturated heterocycles. The molecule has 1 aliphatic heterocycles. The van der Waals surface area contributed by atoms with Gasteiger partial charge in [0.05, 0.1) is 19.3 Å². The second-order valence-electron chi connectivity index (χ2n) is 4.87. The van der Waals surface area contributed by atoms with Crippen molar-refractivity contribution in [2.75, 3.05) is 13.7 Å². The monoisotopic (exact) mass is 253 g/mol. The van der Waals surface area contributed by atoms with E-state index >= 15 is 0 Å². The van der Waals surface area contributed by atoms with Gasteiger partial charge in [-0.3, -0.25) is 0 Å². The molecule has 18 heavy (non-hydrogen) atoms. The van der Waals surface area contributed by atoms with Crippen molar-refractivity contribution >= 4 is 0 Å². The minimum Gasteiger partial charge on any atom is -0.494 e. The molecule has 1 fully saturated rings. The standard InChI is InChI=1S/C14H20FNO2/c1-9-6-10(2)18-14(8-16-9)11-4-5-13(17-3)12(15)7-11/h4-5,7,9-10,14,16H,6,8H2,1-3H3. The molecule has 2 rings (SSSR count). The van der Waals surface area contributed by atoms with E-state index in [1.807, 2.05) is 6.07 Å². The van der Waals surface area contributed by atoms with E-state index in [4.69, 9.17) is 9.47 Å². The lowest BCUT2D eigenvalue weighted by molar-refractivity contribution is 0.00700. The maximum Gasteiger partial charge on any atom is 0.165 e. The number of hydrogen-bond donors (Lipinski definition) is 1. The smallest absolute Gasteiger partial charge is 0.165 e. The molecule has 0 aliphatic carbocycles. The van der Waals surface area contributed by atoms with E-state index in [1.54, 1.807) is 6.07 Å². The van der Waals surface area contributed by atoms with Gasteiger partial charge >= 0.3 is 0 Å². The molecule has 0 bridgehead atoms. The van der Waals surface area contributed by atoms with Crippen molar-refractivity contribution in [3.05, 3.63) is 29.6 Å². The largest absolute Gasteiger partial charge is 0.494 e. The van der Waals surface area contributed by atoms with Crippen LogP contribution in [0.15, 0.2) is 18.2 Å². The van der Waals surface area contributed by atoms with Crippen molar-refractivity contribution in [1.82, 2.24) is 5.32 Å². The van der Waals surface area contributed by atoms with Gasteiger partial charge in [0, 0.05) is 12.6 Å². The Kier molecular flexibility index (Phi) is 4.19. The first-order valence-electron chi connectivity index (χ1n) is 6.32. The van der Waals surface area contributed by atoms with Crippen molar-refractivity contribution < 1.29 is 13.9 Å². The first-order chi connectivity index (χ1) is 8.60. The lowest BCUT2D eigenvalue weighted by Gasteiger charge is -2.19. The van der Waals surface area contributed by atoms with Gasteiger partial charge in [0.2, 0.25) is 0 Å². The van der Waals surface area contributed by atoms with Gasteiger partial charge in [0.1, 0.15) is 0 Å². The molecule has 0 amide bonds. The summed E-state index contributed by atoms with van der Waals surface area (Å²) in [6, 6.07) is 5.42. The molecule has 0 saturated carbocycles. The zero-order chi connectivity index (χ0) is 13.1. The molecule has 1 aliphatic rings. The summed E-state index contributed by atoms with van der Waals surface area (Å²) >= 11 is 0. The maximum absolute atomic E-state index is 13.7. The number of hydrogen-bond acceptors (Lipinski definition) is 3. The summed E-state index contributed by atoms with van der Waals surface area (Å²) < 4.78 is 24.5. The molecule has 0 spiro atoms. The fourth-order valence-electron chi connectivity index (χ4n) is 2.35. The molecule has 0 radical (unpaired) electrons. The average molecular weight is 253 g/mol. The quantitative estimate of drug-likeness (QED) is 0.879. The van der Waals surface area contributed by atoms with E-state index in [-0.39, 0.29) is 23.8 Å². The second-order valence-corrected chi connectivity index (χ2v) is 4.87. The summed E-state index contributed by atoms with van der Waals surface area (Å²) in [5.41, 5.74) is 0.849. The predicted octanol–water partition coefficient (Wildman–Crippen LogP) is 2.66. The number of nitrogens with one attached hydrogen (secondary N) is 1. The van der Waals surface area contributed by atoms with Gasteiger partial charge in [-0.2, -0.15) is 0 Å². The Morgan fingerprint density at radius 3 is 2.83 bits per heavy atom. The van der Waals surface area contributed by atoms with Gasteiger partial charge in [-0.1, -0.05) is 6.07 Å². The highest BCUT2D eigenvalue weighted by atomic mass is 19.1. The van der Waals surface area contributed by atoms with Crippen molar-refractivity contribution in [2.24, 2.45) is 0 Å². The first-order valence-corrected chi connectivity index (χ1v) is 6.32. The molecule has 1 N–H and O–H groups in total. The average Bonchev–Trinajstić information content (AvgIpc) is 2.50. The molecular weight excluding hydrogens is 233 g/mol. The highest BCUT2D eigenvalue weighted by Crippen LogP contribution is 2.26. The number of methoxy groups -OCH3 is 1. The minimum atomic E-state index is -0.344. The summed E-state index contributed by atoms with van der Waals surface area (Å²) in [7, 11) is 1.46. The van der Waals surface area contributed by atoms with Gasteiger partial charge in [-0.15, -0.1) is 0 Å². The normalized spacial score (nSPS) is 28.8. The fourth-order valence-corrected chi connectivity index (χ4v) is 2.35. The van der Waals surface area contributed by atoms with E-state index in [0.29, 0.717) is 12.6 Å². The maximum atomic E-state index is 13.7. The lowest BCUT2D eigenvalue weighted by atomic mass is 10.1. The lowest BCUT2D eigenvalue weighted by Crippen LogP contribution is -2.27. The van der Waals surface area contributed by atoms with Crippen LogP contribution >= 0.6 is 0 Å². The number of rotatable bonds is 2.